The van der Waals surface area contributed by atoms with Crippen LogP contribution in [-0.2, 0) is 4.74 Å². The van der Waals surface area contributed by atoms with E-state index in [2.05, 4.69) is 19.4 Å². The summed E-state index contributed by atoms with van der Waals surface area (Å²) < 4.78 is 59.1. The number of halogens is 4. The molecule has 1 aromatic carbocycles. The predicted octanol–water partition coefficient (Wildman–Crippen LogP) is 3.01. The van der Waals surface area contributed by atoms with Crippen molar-refractivity contribution in [1.29, 1.82) is 0 Å². The van der Waals surface area contributed by atoms with Crippen LogP contribution in [0.2, 0.25) is 0 Å². The number of alkyl halides is 3. The molecule has 0 aliphatic heterocycles. The molecule has 5 nitrogen and oxygen atoms in total. The van der Waals surface area contributed by atoms with Crippen molar-refractivity contribution in [2.24, 2.45) is 0 Å². The quantitative estimate of drug-likeness (QED) is 0.637. The van der Waals surface area contributed by atoms with E-state index < -0.39 is 24.6 Å². The number of methoxy groups -OCH3 is 1. The van der Waals surface area contributed by atoms with Gasteiger partial charge in [0.25, 0.3) is 0 Å². The summed E-state index contributed by atoms with van der Waals surface area (Å²) in [5, 5.41) is 0. The highest BCUT2D eigenvalue weighted by Gasteiger charge is 2.28. The molecule has 122 valence electrons. The fourth-order valence-electron chi connectivity index (χ4n) is 1.66. The lowest BCUT2D eigenvalue weighted by Crippen LogP contribution is -2.19. The van der Waals surface area contributed by atoms with Gasteiger partial charge < -0.3 is 9.47 Å². The van der Waals surface area contributed by atoms with Crippen LogP contribution >= 0.6 is 0 Å². The molecule has 1 heterocycles. The molecule has 1 aromatic heterocycles. The third-order valence-electron chi connectivity index (χ3n) is 2.67. The number of carbonyl (C=O) groups excluding carboxylic acids is 1. The highest BCUT2D eigenvalue weighted by molar-refractivity contribution is 5.90. The zero-order valence-corrected chi connectivity index (χ0v) is 11.7. The Hall–Kier alpha value is -2.71. The number of aromatic nitrogens is 2. The van der Waals surface area contributed by atoms with Gasteiger partial charge in [-0.05, 0) is 12.1 Å². The van der Waals surface area contributed by atoms with E-state index in [0.717, 1.165) is 19.4 Å². The summed E-state index contributed by atoms with van der Waals surface area (Å²) in [5.74, 6) is -2.04. The normalized spacial score (nSPS) is 11.2. The van der Waals surface area contributed by atoms with Crippen LogP contribution in [0.25, 0.3) is 11.3 Å². The fourth-order valence-corrected chi connectivity index (χ4v) is 1.66. The Labute approximate surface area is 127 Å². The molecular weight excluding hydrogens is 320 g/mol. The summed E-state index contributed by atoms with van der Waals surface area (Å²) in [5.41, 5.74) is 0.0498. The van der Waals surface area contributed by atoms with Gasteiger partial charge in [-0.3, -0.25) is 4.98 Å². The maximum Gasteiger partial charge on any atom is 0.422 e. The largest absolute Gasteiger partial charge is 0.467 e. The van der Waals surface area contributed by atoms with Crippen LogP contribution in [0, 0.1) is 5.82 Å². The first-order valence-electron chi connectivity index (χ1n) is 6.20. The average molecular weight is 330 g/mol. The van der Waals surface area contributed by atoms with Crippen molar-refractivity contribution >= 4 is 5.97 Å². The standard InChI is InChI=1S/C14H10F4N2O3/c1-22-13(21)9-3-2-8(4-10(9)15)11-5-19-6-12(20-11)23-7-14(16,17)18/h2-6H,7H2,1H3. The van der Waals surface area contributed by atoms with Crippen molar-refractivity contribution < 1.29 is 31.8 Å². The van der Waals surface area contributed by atoms with Gasteiger partial charge in [-0.1, -0.05) is 6.07 Å². The fraction of sp³-hybridized carbons (Fsp3) is 0.214. The first-order chi connectivity index (χ1) is 10.8. The van der Waals surface area contributed by atoms with Crippen molar-refractivity contribution in [2.45, 2.75) is 6.18 Å². The minimum absolute atomic E-state index is 0.0972. The molecule has 0 saturated heterocycles. The van der Waals surface area contributed by atoms with Crippen molar-refractivity contribution in [2.75, 3.05) is 13.7 Å². The molecule has 23 heavy (non-hydrogen) atoms. The molecule has 9 heteroatoms. The van der Waals surface area contributed by atoms with Crippen molar-refractivity contribution in [3.8, 4) is 17.1 Å². The molecule has 0 aliphatic carbocycles. The van der Waals surface area contributed by atoms with Gasteiger partial charge in [-0.25, -0.2) is 14.2 Å². The van der Waals surface area contributed by atoms with Crippen molar-refractivity contribution in [3.63, 3.8) is 0 Å². The van der Waals surface area contributed by atoms with Crippen LogP contribution in [0.15, 0.2) is 30.6 Å². The van der Waals surface area contributed by atoms with E-state index in [1.807, 2.05) is 0 Å². The Morgan fingerprint density at radius 1 is 1.26 bits per heavy atom. The number of nitrogens with zero attached hydrogens (tertiary/aromatic N) is 2. The lowest BCUT2D eigenvalue weighted by atomic mass is 10.1. The minimum Gasteiger partial charge on any atom is -0.467 e. The Morgan fingerprint density at radius 3 is 2.61 bits per heavy atom. The lowest BCUT2D eigenvalue weighted by Gasteiger charge is -2.09. The van der Waals surface area contributed by atoms with E-state index in [1.54, 1.807) is 0 Å². The van der Waals surface area contributed by atoms with E-state index in [9.17, 15) is 22.4 Å². The van der Waals surface area contributed by atoms with Crippen molar-refractivity contribution in [3.05, 3.63) is 42.0 Å². The molecule has 0 saturated carbocycles. The third-order valence-corrected chi connectivity index (χ3v) is 2.67. The van der Waals surface area contributed by atoms with Crippen LogP contribution in [0.3, 0.4) is 0 Å². The molecule has 0 amide bonds. The number of hydrogen-bond donors (Lipinski definition) is 0. The van der Waals surface area contributed by atoms with Gasteiger partial charge in [0.05, 0.1) is 30.8 Å². The molecule has 0 N–H and O–H groups in total. The second-order valence-electron chi connectivity index (χ2n) is 4.33. The predicted molar refractivity (Wildman–Crippen MR) is 70.3 cm³/mol. The van der Waals surface area contributed by atoms with Gasteiger partial charge in [-0.15, -0.1) is 0 Å². The maximum atomic E-state index is 13.8. The average Bonchev–Trinajstić information content (AvgIpc) is 2.52. The molecule has 2 rings (SSSR count). The van der Waals surface area contributed by atoms with Gasteiger partial charge in [0.15, 0.2) is 6.61 Å². The second-order valence-corrected chi connectivity index (χ2v) is 4.33. The number of ether oxygens (including phenoxy) is 2. The van der Waals surface area contributed by atoms with Crippen LogP contribution in [-0.4, -0.2) is 35.8 Å². The monoisotopic (exact) mass is 330 g/mol. The van der Waals surface area contributed by atoms with Crippen LogP contribution in [0.1, 0.15) is 10.4 Å². The smallest absolute Gasteiger partial charge is 0.422 e. The topological polar surface area (TPSA) is 61.3 Å². The SMILES string of the molecule is COC(=O)c1ccc(-c2cncc(OCC(F)(F)F)n2)cc1F. The Balaban J connectivity index is 2.25. The molecule has 0 aliphatic rings. The summed E-state index contributed by atoms with van der Waals surface area (Å²) in [7, 11) is 1.11. The number of rotatable bonds is 4. The van der Waals surface area contributed by atoms with Crippen LogP contribution in [0.4, 0.5) is 17.6 Å². The molecule has 0 fully saturated rings. The highest BCUT2D eigenvalue weighted by atomic mass is 19.4. The van der Waals surface area contributed by atoms with E-state index in [0.29, 0.717) is 0 Å². The highest BCUT2D eigenvalue weighted by Crippen LogP contribution is 2.23. The van der Waals surface area contributed by atoms with Gasteiger partial charge in [-0.2, -0.15) is 13.2 Å². The summed E-state index contributed by atoms with van der Waals surface area (Å²) in [6, 6.07) is 3.55. The molecule has 0 atom stereocenters. The number of esters is 1. The summed E-state index contributed by atoms with van der Waals surface area (Å²) in [6.07, 6.45) is -2.27. The van der Waals surface area contributed by atoms with E-state index >= 15 is 0 Å². The first kappa shape index (κ1) is 16.7. The first-order valence-corrected chi connectivity index (χ1v) is 6.20. The summed E-state index contributed by atoms with van der Waals surface area (Å²) in [4.78, 5) is 18.8. The van der Waals surface area contributed by atoms with Crippen molar-refractivity contribution in [1.82, 2.24) is 9.97 Å². The van der Waals surface area contributed by atoms with E-state index in [1.165, 1.54) is 18.3 Å². The minimum atomic E-state index is -4.51. The van der Waals surface area contributed by atoms with Gasteiger partial charge in [0.2, 0.25) is 5.88 Å². The lowest BCUT2D eigenvalue weighted by molar-refractivity contribution is -0.154. The third kappa shape index (κ3) is 4.38. The Kier molecular flexibility index (Phi) is 4.77. The molecule has 0 bridgehead atoms. The van der Waals surface area contributed by atoms with Crippen LogP contribution in [0.5, 0.6) is 5.88 Å². The van der Waals surface area contributed by atoms with E-state index in [-0.39, 0.29) is 22.7 Å². The molecule has 0 radical (unpaired) electrons. The Morgan fingerprint density at radius 2 is 2.00 bits per heavy atom. The van der Waals surface area contributed by atoms with Gasteiger partial charge in [0, 0.05) is 5.56 Å². The molecular formula is C14H10F4N2O3. The maximum absolute atomic E-state index is 13.8. The zero-order chi connectivity index (χ0) is 17.0. The van der Waals surface area contributed by atoms with Gasteiger partial charge >= 0.3 is 12.1 Å². The Bertz CT molecular complexity index is 719. The zero-order valence-electron chi connectivity index (χ0n) is 11.7. The van der Waals surface area contributed by atoms with Crippen LogP contribution < -0.4 is 4.74 Å². The van der Waals surface area contributed by atoms with E-state index in [4.69, 9.17) is 0 Å². The number of benzene rings is 1. The molecule has 2 aromatic rings. The van der Waals surface area contributed by atoms with Gasteiger partial charge in [0.1, 0.15) is 5.82 Å². The number of carbonyl (C=O) groups is 1. The molecule has 0 spiro atoms. The summed E-state index contributed by atoms with van der Waals surface area (Å²) >= 11 is 0. The second kappa shape index (κ2) is 6.59. The summed E-state index contributed by atoms with van der Waals surface area (Å²) in [6.45, 7) is -1.51. The number of hydrogen-bond acceptors (Lipinski definition) is 5. The molecule has 0 unspecified atom stereocenters.